The van der Waals surface area contributed by atoms with Gasteiger partial charge in [-0.15, -0.1) is 11.3 Å². The van der Waals surface area contributed by atoms with E-state index >= 15 is 0 Å². The summed E-state index contributed by atoms with van der Waals surface area (Å²) in [5.74, 6) is 0.707. The van der Waals surface area contributed by atoms with Crippen LogP contribution in [-0.2, 0) is 0 Å². The lowest BCUT2D eigenvalue weighted by Crippen LogP contribution is -1.94. The molecule has 3 heterocycles. The van der Waals surface area contributed by atoms with Gasteiger partial charge in [0.05, 0.1) is 15.9 Å². The van der Waals surface area contributed by atoms with Crippen molar-refractivity contribution in [3.05, 3.63) is 158 Å². The smallest absolute Gasteiger partial charge is 0.160 e. The number of rotatable bonds is 4. The molecule has 48 heavy (non-hydrogen) atoms. The van der Waals surface area contributed by atoms with Crippen LogP contribution in [0.5, 0.6) is 0 Å². The third-order valence-corrected chi connectivity index (χ3v) is 10.4. The first-order valence-electron chi connectivity index (χ1n) is 16.1. The Labute approximate surface area is 280 Å². The standard InChI is InChI=1S/C44H26N2OS/c1-2-10-27(11-3-1)30-14-8-15-33(25-30)44-45-41-35-23-22-32(31-21-20-28-12-4-5-13-29(28)24-31)26-39(35)48-43(41)42(46-44)36-17-9-19-38-40(36)34-16-6-7-18-37(34)47-38/h1-26H. The van der Waals surface area contributed by atoms with E-state index in [2.05, 4.69) is 133 Å². The van der Waals surface area contributed by atoms with E-state index in [0.29, 0.717) is 5.82 Å². The summed E-state index contributed by atoms with van der Waals surface area (Å²) in [4.78, 5) is 10.7. The Hall–Kier alpha value is -6.10. The molecule has 0 bridgehead atoms. The van der Waals surface area contributed by atoms with E-state index in [9.17, 15) is 0 Å². The molecule has 10 aromatic rings. The average Bonchev–Trinajstić information content (AvgIpc) is 3.73. The number of fused-ring (bicyclic) bond motifs is 7. The van der Waals surface area contributed by atoms with Gasteiger partial charge < -0.3 is 4.42 Å². The molecular formula is C44H26N2OS. The molecule has 0 unspecified atom stereocenters. The Morgan fingerprint density at radius 1 is 0.458 bits per heavy atom. The summed E-state index contributed by atoms with van der Waals surface area (Å²) in [7, 11) is 0. The molecule has 3 nitrogen and oxygen atoms in total. The largest absolute Gasteiger partial charge is 0.456 e. The van der Waals surface area contributed by atoms with Crippen molar-refractivity contribution in [3.8, 4) is 44.9 Å². The molecule has 224 valence electrons. The Morgan fingerprint density at radius 2 is 1.17 bits per heavy atom. The summed E-state index contributed by atoms with van der Waals surface area (Å²) >= 11 is 1.76. The molecule has 3 aromatic heterocycles. The molecule has 10 rings (SSSR count). The van der Waals surface area contributed by atoms with Crippen LogP contribution >= 0.6 is 11.3 Å². The molecule has 0 aliphatic heterocycles. The minimum absolute atomic E-state index is 0.707. The molecular weight excluding hydrogens is 605 g/mol. The Balaban J connectivity index is 1.23. The van der Waals surface area contributed by atoms with Crippen molar-refractivity contribution in [2.24, 2.45) is 0 Å². The number of benzene rings is 7. The third kappa shape index (κ3) is 4.34. The van der Waals surface area contributed by atoms with Crippen molar-refractivity contribution in [2.45, 2.75) is 0 Å². The second kappa shape index (κ2) is 10.7. The van der Waals surface area contributed by atoms with Gasteiger partial charge in [-0.05, 0) is 63.4 Å². The zero-order valence-electron chi connectivity index (χ0n) is 25.7. The highest BCUT2D eigenvalue weighted by Gasteiger charge is 2.21. The summed E-state index contributed by atoms with van der Waals surface area (Å²) in [5.41, 5.74) is 10.3. The molecule has 0 spiro atoms. The monoisotopic (exact) mass is 630 g/mol. The molecule has 0 aliphatic rings. The summed E-state index contributed by atoms with van der Waals surface area (Å²) < 4.78 is 8.58. The van der Waals surface area contributed by atoms with Crippen LogP contribution in [0.3, 0.4) is 0 Å². The van der Waals surface area contributed by atoms with Gasteiger partial charge >= 0.3 is 0 Å². The molecule has 0 radical (unpaired) electrons. The fourth-order valence-electron chi connectivity index (χ4n) is 6.94. The maximum absolute atomic E-state index is 6.32. The predicted octanol–water partition coefficient (Wildman–Crippen LogP) is 12.6. The molecule has 0 atom stereocenters. The highest BCUT2D eigenvalue weighted by molar-refractivity contribution is 7.26. The van der Waals surface area contributed by atoms with E-state index in [-0.39, 0.29) is 0 Å². The number of hydrogen-bond donors (Lipinski definition) is 0. The fraction of sp³-hybridized carbons (Fsp3) is 0. The number of aromatic nitrogens is 2. The molecule has 0 saturated heterocycles. The Bertz CT molecular complexity index is 2850. The maximum atomic E-state index is 6.32. The fourth-order valence-corrected chi connectivity index (χ4v) is 8.13. The molecule has 0 amide bonds. The molecule has 7 aromatic carbocycles. The Kier molecular flexibility index (Phi) is 6.05. The number of nitrogens with zero attached hydrogens (tertiary/aromatic N) is 2. The van der Waals surface area contributed by atoms with Crippen molar-refractivity contribution >= 4 is 64.4 Å². The number of thiophene rings is 1. The van der Waals surface area contributed by atoms with Gasteiger partial charge in [0.15, 0.2) is 5.82 Å². The first-order valence-corrected chi connectivity index (χ1v) is 16.9. The zero-order valence-corrected chi connectivity index (χ0v) is 26.5. The third-order valence-electron chi connectivity index (χ3n) is 9.28. The van der Waals surface area contributed by atoms with Crippen molar-refractivity contribution in [1.29, 1.82) is 0 Å². The molecule has 0 aliphatic carbocycles. The second-order valence-corrected chi connectivity index (χ2v) is 13.2. The van der Waals surface area contributed by atoms with E-state index in [1.54, 1.807) is 11.3 Å². The van der Waals surface area contributed by atoms with Gasteiger partial charge in [-0.3, -0.25) is 0 Å². The summed E-state index contributed by atoms with van der Waals surface area (Å²) in [5, 5.41) is 5.78. The van der Waals surface area contributed by atoms with Crippen LogP contribution in [-0.4, -0.2) is 9.97 Å². The van der Waals surface area contributed by atoms with E-state index in [1.807, 2.05) is 24.3 Å². The van der Waals surface area contributed by atoms with Gasteiger partial charge in [-0.25, -0.2) is 9.97 Å². The lowest BCUT2D eigenvalue weighted by molar-refractivity contribution is 0.669. The molecule has 0 fully saturated rings. The number of furan rings is 1. The SMILES string of the molecule is c1ccc(-c2cccc(-c3nc(-c4cccc5oc6ccccc6c45)c4sc5cc(-c6ccc7ccccc7c6)ccc5c4n3)c2)cc1. The van der Waals surface area contributed by atoms with Crippen LogP contribution in [0.15, 0.2) is 162 Å². The second-order valence-electron chi connectivity index (χ2n) is 12.2. The van der Waals surface area contributed by atoms with Gasteiger partial charge in [0.1, 0.15) is 11.2 Å². The maximum Gasteiger partial charge on any atom is 0.160 e. The summed E-state index contributed by atoms with van der Waals surface area (Å²) in [6, 6.07) is 55.5. The highest BCUT2D eigenvalue weighted by Crippen LogP contribution is 2.44. The normalized spacial score (nSPS) is 11.8. The predicted molar refractivity (Wildman–Crippen MR) is 201 cm³/mol. The van der Waals surface area contributed by atoms with Crippen LogP contribution < -0.4 is 0 Å². The van der Waals surface area contributed by atoms with Crippen LogP contribution in [0.25, 0.3) is 97.9 Å². The highest BCUT2D eigenvalue weighted by atomic mass is 32.1. The molecule has 4 heteroatoms. The summed E-state index contributed by atoms with van der Waals surface area (Å²) in [6.45, 7) is 0. The first kappa shape index (κ1) is 27.1. The van der Waals surface area contributed by atoms with E-state index in [1.165, 1.54) is 26.6 Å². The van der Waals surface area contributed by atoms with Gasteiger partial charge in [-0.1, -0.05) is 127 Å². The van der Waals surface area contributed by atoms with Crippen LogP contribution in [0.2, 0.25) is 0 Å². The number of hydrogen-bond acceptors (Lipinski definition) is 4. The lowest BCUT2D eigenvalue weighted by Gasteiger charge is -2.10. The van der Waals surface area contributed by atoms with Crippen LogP contribution in [0.1, 0.15) is 0 Å². The minimum Gasteiger partial charge on any atom is -0.456 e. The Morgan fingerprint density at radius 3 is 2.10 bits per heavy atom. The van der Waals surface area contributed by atoms with Gasteiger partial charge in [0, 0.05) is 32.0 Å². The topological polar surface area (TPSA) is 38.9 Å². The van der Waals surface area contributed by atoms with Crippen molar-refractivity contribution in [3.63, 3.8) is 0 Å². The van der Waals surface area contributed by atoms with Crippen molar-refractivity contribution < 1.29 is 4.42 Å². The van der Waals surface area contributed by atoms with Crippen molar-refractivity contribution in [2.75, 3.05) is 0 Å². The van der Waals surface area contributed by atoms with Gasteiger partial charge in [0.25, 0.3) is 0 Å². The van der Waals surface area contributed by atoms with E-state index in [4.69, 9.17) is 14.4 Å². The average molecular weight is 631 g/mol. The van der Waals surface area contributed by atoms with Gasteiger partial charge in [0.2, 0.25) is 0 Å². The zero-order chi connectivity index (χ0) is 31.6. The molecule has 0 N–H and O–H groups in total. The number of para-hydroxylation sites is 1. The minimum atomic E-state index is 0.707. The first-order chi connectivity index (χ1) is 23.8. The lowest BCUT2D eigenvalue weighted by atomic mass is 10.00. The molecule has 0 saturated carbocycles. The van der Waals surface area contributed by atoms with Crippen molar-refractivity contribution in [1.82, 2.24) is 9.97 Å². The van der Waals surface area contributed by atoms with Crippen LogP contribution in [0, 0.1) is 0 Å². The quantitative estimate of drug-likeness (QED) is 0.194. The van der Waals surface area contributed by atoms with E-state index in [0.717, 1.165) is 65.5 Å². The van der Waals surface area contributed by atoms with Crippen LogP contribution in [0.4, 0.5) is 0 Å². The van der Waals surface area contributed by atoms with Gasteiger partial charge in [-0.2, -0.15) is 0 Å². The van der Waals surface area contributed by atoms with E-state index < -0.39 is 0 Å². The summed E-state index contributed by atoms with van der Waals surface area (Å²) in [6.07, 6.45) is 0.